The van der Waals surface area contributed by atoms with Crippen molar-refractivity contribution >= 4 is 19.8 Å². The van der Waals surface area contributed by atoms with E-state index in [0.29, 0.717) is 37.9 Å². The van der Waals surface area contributed by atoms with Crippen LogP contribution in [0.2, 0.25) is 0 Å². The molecule has 0 saturated carbocycles. The average molecular weight is 859 g/mol. The Bertz CT molecular complexity index is 1420. The highest BCUT2D eigenvalue weighted by molar-refractivity contribution is 7.47. The Morgan fingerprint density at radius 3 is 1.65 bits per heavy atom. The third kappa shape index (κ3) is 35.4. The highest BCUT2D eigenvalue weighted by Crippen LogP contribution is 2.43. The number of rotatable bonds is 38. The average Bonchev–Trinajstić information content (AvgIpc) is 4.00. The topological polar surface area (TPSA) is 161 Å². The van der Waals surface area contributed by atoms with Gasteiger partial charge in [-0.1, -0.05) is 136 Å². The van der Waals surface area contributed by atoms with E-state index in [0.717, 1.165) is 57.8 Å². The van der Waals surface area contributed by atoms with Crippen LogP contribution < -0.4 is 0 Å². The first-order valence-corrected chi connectivity index (χ1v) is 23.5. The van der Waals surface area contributed by atoms with E-state index in [2.05, 4.69) is 97.4 Å². The van der Waals surface area contributed by atoms with E-state index in [-0.39, 0.29) is 19.4 Å². The lowest BCUT2D eigenvalue weighted by molar-refractivity contribution is -0.161. The number of carbonyl (C=O) groups is 2. The second kappa shape index (κ2) is 38.5. The Labute approximate surface area is 361 Å². The molecule has 1 fully saturated rings. The summed E-state index contributed by atoms with van der Waals surface area (Å²) in [5, 5.41) is 18.3. The lowest BCUT2D eigenvalue weighted by atomic mass is 10.1. The highest BCUT2D eigenvalue weighted by atomic mass is 31.2. The van der Waals surface area contributed by atoms with Gasteiger partial charge in [0.05, 0.1) is 32.0 Å². The van der Waals surface area contributed by atoms with Crippen molar-refractivity contribution in [3.63, 3.8) is 0 Å². The molecule has 0 spiro atoms. The van der Waals surface area contributed by atoms with Crippen LogP contribution >= 0.6 is 7.82 Å². The Kier molecular flexibility index (Phi) is 35.0. The fourth-order valence-electron chi connectivity index (χ4n) is 5.35. The minimum absolute atomic E-state index is 0.0375. The summed E-state index contributed by atoms with van der Waals surface area (Å²) >= 11 is 0. The number of phosphoric ester groups is 1. The van der Waals surface area contributed by atoms with Crippen LogP contribution in [-0.4, -0.2) is 77.9 Å². The number of hydrogen-bond donors (Lipinski definition) is 3. The van der Waals surface area contributed by atoms with Gasteiger partial charge < -0.3 is 29.3 Å². The van der Waals surface area contributed by atoms with E-state index in [4.69, 9.17) is 23.8 Å². The summed E-state index contributed by atoms with van der Waals surface area (Å²) < 4.78 is 38.3. The molecule has 5 atom stereocenters. The molecule has 1 aliphatic heterocycles. The van der Waals surface area contributed by atoms with Crippen molar-refractivity contribution < 1.29 is 52.5 Å². The standard InChI is InChI=1S/C48H75O11P/c1-3-5-7-9-11-12-13-14-15-16-17-18-19-20-21-22-25-30-34-38-48(52)58-44(42-57-60(53,54)56-40-43(50)39-49)41-55-47(51)37-33-29-26-23-24-28-32-36-46-45(59-46)35-31-27-10-8-6-4-2/h5,7,11-12,14-15,17-18,20-21,23,25-28,30-32,43-46,49-50H,3-4,6,8-10,13,16,19,22,24,29,33-42H2,1-2H3,(H,53,54)/b7-5-,12-11-,15-14-,18-17-,21-20-,26-23-,30-25-,31-27-,32-28-/t43-,44+,45?,46?/m0/s1. The molecule has 1 rings (SSSR count). The van der Waals surface area contributed by atoms with Crippen LogP contribution in [0.3, 0.4) is 0 Å². The van der Waals surface area contributed by atoms with E-state index >= 15 is 0 Å². The molecule has 0 aromatic heterocycles. The Hall–Kier alpha value is -3.41. The number of ether oxygens (including phenoxy) is 3. The highest BCUT2D eigenvalue weighted by Gasteiger charge is 2.36. The number of unbranched alkanes of at least 4 members (excludes halogenated alkanes) is 4. The summed E-state index contributed by atoms with van der Waals surface area (Å²) in [5.41, 5.74) is 0. The second-order valence-corrected chi connectivity index (χ2v) is 15.8. The van der Waals surface area contributed by atoms with E-state index in [1.54, 1.807) is 0 Å². The fraction of sp³-hybridized carbons (Fsp3) is 0.583. The summed E-state index contributed by atoms with van der Waals surface area (Å²) in [6.07, 6.45) is 51.0. The molecule has 3 N–H and O–H groups in total. The number of carbonyl (C=O) groups excluding carboxylic acids is 2. The molecule has 1 saturated heterocycles. The number of hydrogen-bond acceptors (Lipinski definition) is 10. The van der Waals surface area contributed by atoms with Gasteiger partial charge in [0, 0.05) is 12.8 Å². The van der Waals surface area contributed by atoms with Gasteiger partial charge in [-0.25, -0.2) is 4.57 Å². The molecule has 12 heteroatoms. The van der Waals surface area contributed by atoms with Gasteiger partial charge in [-0.15, -0.1) is 0 Å². The van der Waals surface area contributed by atoms with Crippen LogP contribution in [0, 0.1) is 0 Å². The zero-order chi connectivity index (χ0) is 43.8. The quantitative estimate of drug-likeness (QED) is 0.0178. The van der Waals surface area contributed by atoms with Gasteiger partial charge in [-0.2, -0.15) is 0 Å². The maximum atomic E-state index is 12.6. The van der Waals surface area contributed by atoms with Crippen LogP contribution in [0.25, 0.3) is 0 Å². The van der Waals surface area contributed by atoms with Gasteiger partial charge in [0.15, 0.2) is 6.10 Å². The van der Waals surface area contributed by atoms with Crippen molar-refractivity contribution in [2.45, 2.75) is 154 Å². The summed E-state index contributed by atoms with van der Waals surface area (Å²) in [5.74, 6) is -1.11. The van der Waals surface area contributed by atoms with Gasteiger partial charge in [0.2, 0.25) is 0 Å². The van der Waals surface area contributed by atoms with Crippen LogP contribution in [-0.2, 0) is 37.4 Å². The number of phosphoric acid groups is 1. The van der Waals surface area contributed by atoms with Crippen molar-refractivity contribution in [1.29, 1.82) is 0 Å². The van der Waals surface area contributed by atoms with Crippen molar-refractivity contribution in [2.75, 3.05) is 26.4 Å². The maximum absolute atomic E-state index is 12.6. The molecule has 1 aliphatic rings. The van der Waals surface area contributed by atoms with E-state index in [9.17, 15) is 24.2 Å². The van der Waals surface area contributed by atoms with Gasteiger partial charge >= 0.3 is 19.8 Å². The molecule has 0 aromatic rings. The first-order valence-electron chi connectivity index (χ1n) is 22.0. The molecule has 60 heavy (non-hydrogen) atoms. The summed E-state index contributed by atoms with van der Waals surface area (Å²) in [6.45, 7) is 2.05. The SMILES string of the molecule is CC/C=C\C/C=C\C/C=C\C/C=C\C/C=C\C/C=C\CCC(=O)O[C@H](COC(=O)CCC/C=C\C/C=C\CC1OC1C/C=C\CCCCC)COP(=O)(O)OC[C@@H](O)CO. The Balaban J connectivity index is 2.36. The van der Waals surface area contributed by atoms with Gasteiger partial charge in [0.1, 0.15) is 12.7 Å². The van der Waals surface area contributed by atoms with Crippen molar-refractivity contribution in [2.24, 2.45) is 0 Å². The smallest absolute Gasteiger partial charge is 0.462 e. The molecular formula is C48H75O11P. The maximum Gasteiger partial charge on any atom is 0.472 e. The lowest BCUT2D eigenvalue weighted by Crippen LogP contribution is -2.29. The zero-order valence-electron chi connectivity index (χ0n) is 36.3. The van der Waals surface area contributed by atoms with E-state index in [1.165, 1.54) is 19.3 Å². The molecule has 11 nitrogen and oxygen atoms in total. The molecule has 0 radical (unpaired) electrons. The van der Waals surface area contributed by atoms with Crippen molar-refractivity contribution in [3.05, 3.63) is 109 Å². The number of aliphatic hydroxyl groups is 2. The monoisotopic (exact) mass is 859 g/mol. The lowest BCUT2D eigenvalue weighted by Gasteiger charge is -2.20. The van der Waals surface area contributed by atoms with Crippen LogP contribution in [0.4, 0.5) is 0 Å². The summed E-state index contributed by atoms with van der Waals surface area (Å²) in [4.78, 5) is 35.0. The number of allylic oxidation sites excluding steroid dienone is 16. The van der Waals surface area contributed by atoms with Crippen LogP contribution in [0.5, 0.6) is 0 Å². The predicted molar refractivity (Wildman–Crippen MR) is 241 cm³/mol. The molecule has 338 valence electrons. The molecular weight excluding hydrogens is 783 g/mol. The molecule has 0 bridgehead atoms. The van der Waals surface area contributed by atoms with Gasteiger partial charge in [-0.05, 0) is 89.9 Å². The zero-order valence-corrected chi connectivity index (χ0v) is 37.2. The summed E-state index contributed by atoms with van der Waals surface area (Å²) in [6, 6.07) is 0. The minimum Gasteiger partial charge on any atom is -0.462 e. The van der Waals surface area contributed by atoms with Crippen LogP contribution in [0.15, 0.2) is 109 Å². The van der Waals surface area contributed by atoms with Crippen LogP contribution in [0.1, 0.15) is 129 Å². The normalized spacial score (nSPS) is 18.2. The fourth-order valence-corrected chi connectivity index (χ4v) is 6.13. The third-order valence-corrected chi connectivity index (χ3v) is 9.78. The first-order chi connectivity index (χ1) is 29.2. The number of esters is 2. The largest absolute Gasteiger partial charge is 0.472 e. The molecule has 0 aromatic carbocycles. The van der Waals surface area contributed by atoms with Crippen molar-refractivity contribution in [1.82, 2.24) is 0 Å². The Morgan fingerprint density at radius 1 is 0.600 bits per heavy atom. The molecule has 0 aliphatic carbocycles. The minimum atomic E-state index is -4.66. The predicted octanol–water partition coefficient (Wildman–Crippen LogP) is 10.8. The van der Waals surface area contributed by atoms with E-state index < -0.39 is 51.8 Å². The number of epoxide rings is 1. The molecule has 3 unspecified atom stereocenters. The van der Waals surface area contributed by atoms with Gasteiger partial charge in [-0.3, -0.25) is 18.6 Å². The third-order valence-electron chi connectivity index (χ3n) is 8.83. The van der Waals surface area contributed by atoms with Crippen molar-refractivity contribution in [3.8, 4) is 0 Å². The Morgan fingerprint density at radius 2 is 1.08 bits per heavy atom. The summed E-state index contributed by atoms with van der Waals surface area (Å²) in [7, 11) is -4.66. The van der Waals surface area contributed by atoms with Gasteiger partial charge in [0.25, 0.3) is 0 Å². The number of aliphatic hydroxyl groups excluding tert-OH is 2. The van der Waals surface area contributed by atoms with E-state index in [1.807, 2.05) is 30.4 Å². The molecule has 1 heterocycles. The molecule has 0 amide bonds. The second-order valence-electron chi connectivity index (χ2n) is 14.4. The first kappa shape index (κ1) is 54.6.